The molecule has 0 spiro atoms. The molecule has 0 aromatic heterocycles. The Hall–Kier alpha value is -4.45. The van der Waals surface area contributed by atoms with E-state index in [1.54, 1.807) is 0 Å². The number of carbonyl (C=O) groups excluding carboxylic acids is 1. The first-order chi connectivity index (χ1) is 25.2. The van der Waals surface area contributed by atoms with E-state index in [-0.39, 0.29) is 12.0 Å². The van der Waals surface area contributed by atoms with Crippen molar-refractivity contribution in [3.05, 3.63) is 114 Å². The van der Waals surface area contributed by atoms with Crippen LogP contribution >= 0.6 is 0 Å². The van der Waals surface area contributed by atoms with Crippen molar-refractivity contribution >= 4 is 5.91 Å². The highest BCUT2D eigenvalue weighted by atomic mass is 16.6. The summed E-state index contributed by atoms with van der Waals surface area (Å²) in [6.45, 7) is 6.11. The first-order valence-corrected chi connectivity index (χ1v) is 17.7. The zero-order chi connectivity index (χ0) is 35.4. The number of epoxide rings is 1. The van der Waals surface area contributed by atoms with Crippen molar-refractivity contribution in [3.63, 3.8) is 0 Å². The van der Waals surface area contributed by atoms with E-state index < -0.39 is 0 Å². The van der Waals surface area contributed by atoms with Crippen LogP contribution in [-0.4, -0.2) is 78.0 Å². The van der Waals surface area contributed by atoms with Crippen molar-refractivity contribution in [2.24, 2.45) is 5.73 Å². The summed E-state index contributed by atoms with van der Waals surface area (Å²) in [5, 5.41) is 2.91. The van der Waals surface area contributed by atoms with Crippen LogP contribution in [0.1, 0.15) is 29.5 Å². The predicted molar refractivity (Wildman–Crippen MR) is 196 cm³/mol. The summed E-state index contributed by atoms with van der Waals surface area (Å²) < 4.78 is 39.7. The monoisotopic (exact) mass is 698 g/mol. The van der Waals surface area contributed by atoms with Gasteiger partial charge in [0.05, 0.1) is 46.2 Å². The van der Waals surface area contributed by atoms with Crippen molar-refractivity contribution in [3.8, 4) is 28.4 Å². The number of benzene rings is 4. The molecule has 4 aromatic carbocycles. The van der Waals surface area contributed by atoms with Crippen LogP contribution in [0.2, 0.25) is 0 Å². The largest absolute Gasteiger partial charge is 0.491 e. The van der Waals surface area contributed by atoms with Crippen LogP contribution in [0.5, 0.6) is 17.2 Å². The summed E-state index contributed by atoms with van der Waals surface area (Å²) in [5.74, 6) is 2.04. The van der Waals surface area contributed by atoms with Gasteiger partial charge in [-0.05, 0) is 52.8 Å². The number of ether oxygens (including phenoxy) is 7. The van der Waals surface area contributed by atoms with Gasteiger partial charge >= 0.3 is 0 Å². The van der Waals surface area contributed by atoms with Gasteiger partial charge in [-0.2, -0.15) is 0 Å². The minimum atomic E-state index is 0.0354. The molecular weight excluding hydrogens is 648 g/mol. The van der Waals surface area contributed by atoms with E-state index in [2.05, 4.69) is 53.8 Å². The zero-order valence-electron chi connectivity index (χ0n) is 29.3. The Balaban J connectivity index is 1.01. The van der Waals surface area contributed by atoms with E-state index in [1.165, 1.54) is 5.56 Å². The lowest BCUT2D eigenvalue weighted by molar-refractivity contribution is -0.121. The second-order valence-electron chi connectivity index (χ2n) is 12.2. The van der Waals surface area contributed by atoms with Gasteiger partial charge in [0.1, 0.15) is 31.7 Å². The SMILES string of the molecule is NCCOCCOCCOCCNC(=O)CCCc1ccc(-c2ccc(COc3cc(OCC4CO4)ccc3OCc3ccccc3)cc2)cc1. The standard InChI is InChI=1S/C41H50N2O8/c42-19-21-45-23-25-47-26-24-46-22-20-43-41(44)8-4-7-32-9-13-35(14-10-32)36-15-11-34(12-16-36)29-51-40-27-37(48-30-38-31-49-38)17-18-39(40)50-28-33-5-2-1-3-6-33/h1-3,5-6,9-18,27,38H,4,7-8,19-26,28-31,42H2,(H,43,44). The van der Waals surface area contributed by atoms with Gasteiger partial charge in [-0.25, -0.2) is 0 Å². The van der Waals surface area contributed by atoms with Gasteiger partial charge in [-0.3, -0.25) is 4.79 Å². The first-order valence-electron chi connectivity index (χ1n) is 17.7. The number of carbonyl (C=O) groups is 1. The normalized spacial score (nSPS) is 13.5. The fourth-order valence-electron chi connectivity index (χ4n) is 5.15. The molecule has 51 heavy (non-hydrogen) atoms. The summed E-state index contributed by atoms with van der Waals surface area (Å²) in [6.07, 6.45) is 2.27. The fraction of sp³-hybridized carbons (Fsp3) is 0.390. The van der Waals surface area contributed by atoms with E-state index in [4.69, 9.17) is 38.9 Å². The summed E-state index contributed by atoms with van der Waals surface area (Å²) in [5.41, 5.74) is 10.9. The van der Waals surface area contributed by atoms with Crippen molar-refractivity contribution in [1.82, 2.24) is 5.32 Å². The summed E-state index contributed by atoms with van der Waals surface area (Å²) in [4.78, 5) is 12.2. The molecule has 272 valence electrons. The molecule has 10 nitrogen and oxygen atoms in total. The van der Waals surface area contributed by atoms with Crippen LogP contribution in [0.3, 0.4) is 0 Å². The van der Waals surface area contributed by atoms with Gasteiger partial charge in [-0.1, -0.05) is 78.9 Å². The Morgan fingerprint density at radius 3 is 1.96 bits per heavy atom. The highest BCUT2D eigenvalue weighted by Gasteiger charge is 2.23. The maximum atomic E-state index is 12.2. The maximum Gasteiger partial charge on any atom is 0.220 e. The molecular formula is C41H50N2O8. The quantitative estimate of drug-likeness (QED) is 0.0660. The number of hydrogen-bond acceptors (Lipinski definition) is 9. The molecule has 1 aliphatic heterocycles. The average Bonchev–Trinajstić information content (AvgIpc) is 4.00. The van der Waals surface area contributed by atoms with E-state index >= 15 is 0 Å². The molecule has 0 radical (unpaired) electrons. The van der Waals surface area contributed by atoms with Crippen LogP contribution in [0.4, 0.5) is 0 Å². The third-order valence-corrected chi connectivity index (χ3v) is 8.07. The van der Waals surface area contributed by atoms with Gasteiger partial charge in [0.15, 0.2) is 11.5 Å². The Morgan fingerprint density at radius 2 is 1.29 bits per heavy atom. The first kappa shape index (κ1) is 37.8. The lowest BCUT2D eigenvalue weighted by atomic mass is 10.0. The second kappa shape index (κ2) is 21.7. The number of aryl methyl sites for hydroxylation is 1. The average molecular weight is 699 g/mol. The third kappa shape index (κ3) is 14.4. The molecule has 1 unspecified atom stereocenters. The smallest absolute Gasteiger partial charge is 0.220 e. The lowest BCUT2D eigenvalue weighted by Gasteiger charge is -2.15. The van der Waals surface area contributed by atoms with E-state index in [0.29, 0.717) is 90.5 Å². The van der Waals surface area contributed by atoms with Crippen molar-refractivity contribution < 1.29 is 38.0 Å². The molecule has 1 heterocycles. The van der Waals surface area contributed by atoms with Crippen LogP contribution in [-0.2, 0) is 43.4 Å². The maximum absolute atomic E-state index is 12.2. The number of rotatable bonds is 25. The Morgan fingerprint density at radius 1 is 0.686 bits per heavy atom. The second-order valence-corrected chi connectivity index (χ2v) is 12.2. The van der Waals surface area contributed by atoms with Gasteiger partial charge in [-0.15, -0.1) is 0 Å². The molecule has 1 aliphatic rings. The minimum absolute atomic E-state index is 0.0354. The molecule has 10 heteroatoms. The molecule has 0 bridgehead atoms. The van der Waals surface area contributed by atoms with Crippen molar-refractivity contribution in [2.45, 2.75) is 38.6 Å². The molecule has 0 saturated carbocycles. The highest BCUT2D eigenvalue weighted by molar-refractivity contribution is 5.75. The van der Waals surface area contributed by atoms with Crippen LogP contribution in [0.15, 0.2) is 97.1 Å². The molecule has 0 aliphatic carbocycles. The third-order valence-electron chi connectivity index (χ3n) is 8.07. The van der Waals surface area contributed by atoms with E-state index in [9.17, 15) is 4.79 Å². The number of amides is 1. The molecule has 1 saturated heterocycles. The summed E-state index contributed by atoms with van der Waals surface area (Å²) in [6, 6.07) is 32.6. The zero-order valence-corrected chi connectivity index (χ0v) is 29.3. The van der Waals surface area contributed by atoms with E-state index in [0.717, 1.165) is 47.5 Å². The van der Waals surface area contributed by atoms with Gasteiger partial charge in [0, 0.05) is 25.6 Å². The Labute approximate surface area is 301 Å². The topological polar surface area (TPSA) is 123 Å². The minimum Gasteiger partial charge on any atom is -0.491 e. The fourth-order valence-corrected chi connectivity index (χ4v) is 5.15. The summed E-state index contributed by atoms with van der Waals surface area (Å²) >= 11 is 0. The molecule has 4 aromatic rings. The van der Waals surface area contributed by atoms with Crippen LogP contribution in [0, 0.1) is 0 Å². The molecule has 1 amide bonds. The van der Waals surface area contributed by atoms with Crippen molar-refractivity contribution in [2.75, 3.05) is 65.9 Å². The van der Waals surface area contributed by atoms with Crippen molar-refractivity contribution in [1.29, 1.82) is 0 Å². The number of hydrogen-bond donors (Lipinski definition) is 2. The molecule has 1 atom stereocenters. The van der Waals surface area contributed by atoms with Gasteiger partial charge in [0.25, 0.3) is 0 Å². The molecule has 1 fully saturated rings. The Kier molecular flexibility index (Phi) is 16.1. The van der Waals surface area contributed by atoms with Gasteiger partial charge < -0.3 is 44.2 Å². The van der Waals surface area contributed by atoms with E-state index in [1.807, 2.05) is 48.5 Å². The van der Waals surface area contributed by atoms with Crippen LogP contribution < -0.4 is 25.3 Å². The number of nitrogens with one attached hydrogen (secondary N) is 1. The molecule has 3 N–H and O–H groups in total. The predicted octanol–water partition coefficient (Wildman–Crippen LogP) is 5.74. The molecule has 5 rings (SSSR count). The Bertz CT molecular complexity index is 1560. The highest BCUT2D eigenvalue weighted by Crippen LogP contribution is 2.33. The van der Waals surface area contributed by atoms with Crippen LogP contribution in [0.25, 0.3) is 11.1 Å². The lowest BCUT2D eigenvalue weighted by Crippen LogP contribution is -2.27. The number of nitrogens with two attached hydrogens (primary N) is 1. The van der Waals surface area contributed by atoms with Gasteiger partial charge in [0.2, 0.25) is 5.91 Å². The summed E-state index contributed by atoms with van der Waals surface area (Å²) in [7, 11) is 0.